The van der Waals surface area contributed by atoms with Crippen molar-refractivity contribution in [3.63, 3.8) is 0 Å². The van der Waals surface area contributed by atoms with Gasteiger partial charge in [0.15, 0.2) is 0 Å². The first kappa shape index (κ1) is 19.4. The molecule has 6 heteroatoms. The topological polar surface area (TPSA) is 77.9 Å². The molecule has 2 aliphatic rings. The minimum atomic E-state index is -0.875. The molecule has 2 unspecified atom stereocenters. The lowest BCUT2D eigenvalue weighted by molar-refractivity contribution is -0.154. The smallest absolute Gasteiger partial charge is 0.311 e. The standard InChI is InChI=1S/C21H28N2O4/c1-15-6-8-16(9-7-15)18(24)22-11-3-5-17(13-22)19(25)23-12-4-10-21(2,14-23)20(26)27/h6-9,17H,3-5,10-14H2,1-2H3,(H,26,27). The van der Waals surface area contributed by atoms with Gasteiger partial charge in [0.1, 0.15) is 0 Å². The largest absolute Gasteiger partial charge is 0.481 e. The summed E-state index contributed by atoms with van der Waals surface area (Å²) < 4.78 is 0. The van der Waals surface area contributed by atoms with Crippen LogP contribution in [-0.2, 0) is 9.59 Å². The monoisotopic (exact) mass is 372 g/mol. The van der Waals surface area contributed by atoms with Gasteiger partial charge in [-0.15, -0.1) is 0 Å². The second-order valence-corrected chi connectivity index (χ2v) is 8.19. The van der Waals surface area contributed by atoms with Gasteiger partial charge in [-0.1, -0.05) is 17.7 Å². The molecule has 1 N–H and O–H groups in total. The van der Waals surface area contributed by atoms with Crippen LogP contribution in [0, 0.1) is 18.3 Å². The maximum atomic E-state index is 13.0. The van der Waals surface area contributed by atoms with E-state index in [9.17, 15) is 19.5 Å². The fraction of sp³-hybridized carbons (Fsp3) is 0.571. The molecule has 2 heterocycles. The maximum absolute atomic E-state index is 13.0. The summed E-state index contributed by atoms with van der Waals surface area (Å²) >= 11 is 0. The van der Waals surface area contributed by atoms with E-state index in [0.717, 1.165) is 18.4 Å². The van der Waals surface area contributed by atoms with Crippen LogP contribution in [0.25, 0.3) is 0 Å². The Bertz CT molecular complexity index is 730. The Morgan fingerprint density at radius 3 is 2.41 bits per heavy atom. The highest BCUT2D eigenvalue weighted by Crippen LogP contribution is 2.31. The molecule has 0 aromatic heterocycles. The Morgan fingerprint density at radius 1 is 1.07 bits per heavy atom. The van der Waals surface area contributed by atoms with Gasteiger partial charge in [-0.25, -0.2) is 0 Å². The van der Waals surface area contributed by atoms with Crippen LogP contribution in [0.5, 0.6) is 0 Å². The Hall–Kier alpha value is -2.37. The van der Waals surface area contributed by atoms with Gasteiger partial charge in [0, 0.05) is 31.7 Å². The van der Waals surface area contributed by atoms with Gasteiger partial charge in [0.05, 0.1) is 11.3 Å². The van der Waals surface area contributed by atoms with Crippen molar-refractivity contribution < 1.29 is 19.5 Å². The third kappa shape index (κ3) is 4.15. The second-order valence-electron chi connectivity index (χ2n) is 8.19. The maximum Gasteiger partial charge on any atom is 0.311 e. The number of aliphatic carboxylic acids is 1. The molecule has 6 nitrogen and oxygen atoms in total. The minimum Gasteiger partial charge on any atom is -0.481 e. The first-order valence-electron chi connectivity index (χ1n) is 9.68. The molecule has 1 aromatic rings. The summed E-state index contributed by atoms with van der Waals surface area (Å²) in [7, 11) is 0. The minimum absolute atomic E-state index is 0.0106. The zero-order valence-electron chi connectivity index (χ0n) is 16.1. The Kier molecular flexibility index (Phi) is 5.53. The first-order valence-corrected chi connectivity index (χ1v) is 9.68. The molecule has 0 saturated carbocycles. The predicted octanol–water partition coefficient (Wildman–Crippen LogP) is 2.56. The number of aryl methyl sites for hydroxylation is 1. The molecule has 0 spiro atoms. The lowest BCUT2D eigenvalue weighted by atomic mass is 9.81. The summed E-state index contributed by atoms with van der Waals surface area (Å²) in [6.07, 6.45) is 2.83. The molecule has 0 aliphatic carbocycles. The Morgan fingerprint density at radius 2 is 1.74 bits per heavy atom. The van der Waals surface area contributed by atoms with E-state index in [1.165, 1.54) is 0 Å². The number of carboxylic acids is 1. The number of hydrogen-bond donors (Lipinski definition) is 1. The van der Waals surface area contributed by atoms with Crippen molar-refractivity contribution in [2.24, 2.45) is 11.3 Å². The number of carbonyl (C=O) groups is 3. The molecular weight excluding hydrogens is 344 g/mol. The molecule has 2 fully saturated rings. The molecule has 2 amide bonds. The van der Waals surface area contributed by atoms with Crippen LogP contribution < -0.4 is 0 Å². The molecule has 2 atom stereocenters. The van der Waals surface area contributed by atoms with Crippen molar-refractivity contribution in [3.05, 3.63) is 35.4 Å². The van der Waals surface area contributed by atoms with Crippen molar-refractivity contribution >= 4 is 17.8 Å². The molecule has 146 valence electrons. The van der Waals surface area contributed by atoms with E-state index >= 15 is 0 Å². The van der Waals surface area contributed by atoms with E-state index in [0.29, 0.717) is 38.0 Å². The lowest BCUT2D eigenvalue weighted by Crippen LogP contribution is -2.52. The highest BCUT2D eigenvalue weighted by Gasteiger charge is 2.41. The van der Waals surface area contributed by atoms with Crippen molar-refractivity contribution in [3.8, 4) is 0 Å². The number of likely N-dealkylation sites (tertiary alicyclic amines) is 2. The summed E-state index contributed by atoms with van der Waals surface area (Å²) in [6.45, 7) is 5.61. The van der Waals surface area contributed by atoms with Crippen LogP contribution in [0.15, 0.2) is 24.3 Å². The van der Waals surface area contributed by atoms with E-state index in [2.05, 4.69) is 0 Å². The van der Waals surface area contributed by atoms with Crippen molar-refractivity contribution in [2.75, 3.05) is 26.2 Å². The molecular formula is C21H28N2O4. The normalized spacial score (nSPS) is 25.9. The number of hydrogen-bond acceptors (Lipinski definition) is 3. The van der Waals surface area contributed by atoms with Crippen LogP contribution in [0.3, 0.4) is 0 Å². The highest BCUT2D eigenvalue weighted by molar-refractivity contribution is 5.94. The van der Waals surface area contributed by atoms with Crippen LogP contribution in [0.1, 0.15) is 48.5 Å². The van der Waals surface area contributed by atoms with E-state index in [1.54, 1.807) is 16.7 Å². The fourth-order valence-electron chi connectivity index (χ4n) is 4.10. The number of rotatable bonds is 3. The van der Waals surface area contributed by atoms with E-state index in [1.807, 2.05) is 31.2 Å². The van der Waals surface area contributed by atoms with Crippen molar-refractivity contribution in [1.29, 1.82) is 0 Å². The van der Waals surface area contributed by atoms with Gasteiger partial charge in [-0.2, -0.15) is 0 Å². The highest BCUT2D eigenvalue weighted by atomic mass is 16.4. The Balaban J connectivity index is 1.66. The number of nitrogens with zero attached hydrogens (tertiary/aromatic N) is 2. The molecule has 0 radical (unpaired) electrons. The zero-order valence-corrected chi connectivity index (χ0v) is 16.1. The summed E-state index contributed by atoms with van der Waals surface area (Å²) in [4.78, 5) is 40.8. The van der Waals surface area contributed by atoms with Crippen LogP contribution in [-0.4, -0.2) is 58.9 Å². The van der Waals surface area contributed by atoms with Crippen molar-refractivity contribution in [2.45, 2.75) is 39.5 Å². The average Bonchev–Trinajstić information content (AvgIpc) is 2.67. The summed E-state index contributed by atoms with van der Waals surface area (Å²) in [5, 5.41) is 9.48. The number of piperidine rings is 2. The SMILES string of the molecule is Cc1ccc(C(=O)N2CCCC(C(=O)N3CCCC(C)(C(=O)O)C3)C2)cc1. The molecule has 2 aliphatic heterocycles. The number of carbonyl (C=O) groups excluding carboxylic acids is 2. The van der Waals surface area contributed by atoms with Crippen LogP contribution >= 0.6 is 0 Å². The molecule has 27 heavy (non-hydrogen) atoms. The van der Waals surface area contributed by atoms with E-state index < -0.39 is 11.4 Å². The summed E-state index contributed by atoms with van der Waals surface area (Å²) in [5.41, 5.74) is 0.870. The first-order chi connectivity index (χ1) is 12.8. The summed E-state index contributed by atoms with van der Waals surface area (Å²) in [6, 6.07) is 7.48. The predicted molar refractivity (Wildman–Crippen MR) is 101 cm³/mol. The fourth-order valence-corrected chi connectivity index (χ4v) is 4.10. The third-order valence-electron chi connectivity index (χ3n) is 5.88. The quantitative estimate of drug-likeness (QED) is 0.885. The number of carboxylic acid groups (broad SMARTS) is 1. The van der Waals surface area contributed by atoms with Gasteiger partial charge >= 0.3 is 5.97 Å². The molecule has 0 bridgehead atoms. The van der Waals surface area contributed by atoms with Gasteiger partial charge in [-0.3, -0.25) is 14.4 Å². The van der Waals surface area contributed by atoms with Gasteiger partial charge in [0.2, 0.25) is 5.91 Å². The van der Waals surface area contributed by atoms with E-state index in [-0.39, 0.29) is 24.3 Å². The van der Waals surface area contributed by atoms with Crippen LogP contribution in [0.4, 0.5) is 0 Å². The summed E-state index contributed by atoms with van der Waals surface area (Å²) in [5.74, 6) is -1.14. The van der Waals surface area contributed by atoms with Gasteiger partial charge < -0.3 is 14.9 Å². The molecule has 3 rings (SSSR count). The Labute approximate surface area is 160 Å². The third-order valence-corrected chi connectivity index (χ3v) is 5.88. The van der Waals surface area contributed by atoms with Crippen molar-refractivity contribution in [1.82, 2.24) is 9.80 Å². The van der Waals surface area contributed by atoms with Crippen LogP contribution in [0.2, 0.25) is 0 Å². The molecule has 1 aromatic carbocycles. The van der Waals surface area contributed by atoms with Gasteiger partial charge in [0.25, 0.3) is 5.91 Å². The lowest BCUT2D eigenvalue weighted by Gasteiger charge is -2.41. The average molecular weight is 372 g/mol. The van der Waals surface area contributed by atoms with Gasteiger partial charge in [-0.05, 0) is 51.7 Å². The second kappa shape index (κ2) is 7.71. The zero-order chi connectivity index (χ0) is 19.6. The number of amides is 2. The van der Waals surface area contributed by atoms with E-state index in [4.69, 9.17) is 0 Å². The number of benzene rings is 1. The molecule has 2 saturated heterocycles.